The molecule has 1 aromatic rings. The Morgan fingerprint density at radius 3 is 2.72 bits per heavy atom. The van der Waals surface area contributed by atoms with Gasteiger partial charge in [-0.3, -0.25) is 4.79 Å². The topological polar surface area (TPSA) is 78.4 Å². The summed E-state index contributed by atoms with van der Waals surface area (Å²) in [6.45, 7) is 2.14. The standard InChI is InChI=1S/C11H15ClN2O3S/c1-7(15)14-9(11(16)17)6-13-5-4-8-2-3-10(12)18-8/h2-3,9,13H,4-6H2,1H3,(H,14,15)(H,16,17). The molecule has 0 spiro atoms. The van der Waals surface area contributed by atoms with E-state index >= 15 is 0 Å². The number of aliphatic carboxylic acids is 1. The Balaban J connectivity index is 2.26. The molecule has 100 valence electrons. The molecule has 0 aliphatic carbocycles. The van der Waals surface area contributed by atoms with Crippen molar-refractivity contribution in [2.24, 2.45) is 0 Å². The van der Waals surface area contributed by atoms with E-state index in [1.54, 1.807) is 0 Å². The predicted octanol–water partition coefficient (Wildman–Crippen LogP) is 1.12. The maximum atomic E-state index is 10.8. The summed E-state index contributed by atoms with van der Waals surface area (Å²) < 4.78 is 0.742. The third-order valence-electron chi connectivity index (χ3n) is 2.20. The van der Waals surface area contributed by atoms with Crippen LogP contribution in [0.15, 0.2) is 12.1 Å². The average Bonchev–Trinajstić information content (AvgIpc) is 2.68. The molecule has 1 atom stereocenters. The summed E-state index contributed by atoms with van der Waals surface area (Å²) in [7, 11) is 0. The van der Waals surface area contributed by atoms with E-state index in [9.17, 15) is 9.59 Å². The first-order chi connectivity index (χ1) is 8.49. The van der Waals surface area contributed by atoms with Crippen molar-refractivity contribution in [1.82, 2.24) is 10.6 Å². The summed E-state index contributed by atoms with van der Waals surface area (Å²) in [4.78, 5) is 22.8. The molecule has 0 radical (unpaired) electrons. The van der Waals surface area contributed by atoms with Gasteiger partial charge in [-0.1, -0.05) is 11.6 Å². The van der Waals surface area contributed by atoms with Gasteiger partial charge in [0.1, 0.15) is 6.04 Å². The number of amides is 1. The summed E-state index contributed by atoms with van der Waals surface area (Å²) in [5.74, 6) is -1.40. The molecule has 1 unspecified atom stereocenters. The van der Waals surface area contributed by atoms with Gasteiger partial charge in [0.15, 0.2) is 0 Å². The highest BCUT2D eigenvalue weighted by Crippen LogP contribution is 2.21. The summed E-state index contributed by atoms with van der Waals surface area (Å²) >= 11 is 7.30. The van der Waals surface area contributed by atoms with Gasteiger partial charge in [-0.15, -0.1) is 11.3 Å². The molecule has 3 N–H and O–H groups in total. The molecule has 1 heterocycles. The van der Waals surface area contributed by atoms with E-state index in [2.05, 4.69) is 10.6 Å². The van der Waals surface area contributed by atoms with Crippen molar-refractivity contribution in [3.8, 4) is 0 Å². The van der Waals surface area contributed by atoms with E-state index in [0.717, 1.165) is 15.6 Å². The number of nitrogens with one attached hydrogen (secondary N) is 2. The van der Waals surface area contributed by atoms with Gasteiger partial charge in [-0.2, -0.15) is 0 Å². The Morgan fingerprint density at radius 1 is 1.50 bits per heavy atom. The Morgan fingerprint density at radius 2 is 2.22 bits per heavy atom. The van der Waals surface area contributed by atoms with Gasteiger partial charge < -0.3 is 15.7 Å². The molecular weight excluding hydrogens is 276 g/mol. The lowest BCUT2D eigenvalue weighted by Crippen LogP contribution is -2.46. The van der Waals surface area contributed by atoms with Crippen LogP contribution >= 0.6 is 22.9 Å². The molecule has 0 saturated carbocycles. The van der Waals surface area contributed by atoms with Crippen LogP contribution in [0.4, 0.5) is 0 Å². The van der Waals surface area contributed by atoms with Crippen LogP contribution in [0, 0.1) is 0 Å². The smallest absolute Gasteiger partial charge is 0.327 e. The van der Waals surface area contributed by atoms with Gasteiger partial charge in [-0.05, 0) is 18.6 Å². The highest BCUT2D eigenvalue weighted by Gasteiger charge is 2.17. The fourth-order valence-corrected chi connectivity index (χ4v) is 2.48. The number of carbonyl (C=O) groups is 2. The summed E-state index contributed by atoms with van der Waals surface area (Å²) in [5.41, 5.74) is 0. The highest BCUT2D eigenvalue weighted by atomic mass is 35.5. The molecule has 0 fully saturated rings. The second-order valence-electron chi connectivity index (χ2n) is 3.75. The number of thiophene rings is 1. The van der Waals surface area contributed by atoms with Crippen LogP contribution in [-0.4, -0.2) is 36.1 Å². The zero-order chi connectivity index (χ0) is 13.5. The highest BCUT2D eigenvalue weighted by molar-refractivity contribution is 7.16. The van der Waals surface area contributed by atoms with E-state index in [1.807, 2.05) is 12.1 Å². The van der Waals surface area contributed by atoms with E-state index in [0.29, 0.717) is 6.54 Å². The van der Waals surface area contributed by atoms with Gasteiger partial charge in [0.2, 0.25) is 5.91 Å². The van der Waals surface area contributed by atoms with Crippen LogP contribution in [-0.2, 0) is 16.0 Å². The molecule has 1 amide bonds. The third kappa shape index (κ3) is 5.48. The first kappa shape index (κ1) is 14.9. The number of carboxylic acid groups (broad SMARTS) is 1. The molecule has 5 nitrogen and oxygen atoms in total. The number of rotatable bonds is 7. The molecule has 1 aromatic heterocycles. The summed E-state index contributed by atoms with van der Waals surface area (Å²) in [6, 6.07) is 2.88. The predicted molar refractivity (Wildman–Crippen MR) is 71.1 cm³/mol. The zero-order valence-electron chi connectivity index (χ0n) is 9.90. The van der Waals surface area contributed by atoms with Crippen molar-refractivity contribution >= 4 is 34.8 Å². The van der Waals surface area contributed by atoms with Crippen LogP contribution in [0.25, 0.3) is 0 Å². The maximum Gasteiger partial charge on any atom is 0.327 e. The van der Waals surface area contributed by atoms with Crippen molar-refractivity contribution in [2.75, 3.05) is 13.1 Å². The minimum absolute atomic E-state index is 0.202. The fraction of sp³-hybridized carbons (Fsp3) is 0.455. The first-order valence-electron chi connectivity index (χ1n) is 5.44. The second-order valence-corrected chi connectivity index (χ2v) is 5.55. The zero-order valence-corrected chi connectivity index (χ0v) is 11.5. The van der Waals surface area contributed by atoms with E-state index in [-0.39, 0.29) is 12.5 Å². The lowest BCUT2D eigenvalue weighted by Gasteiger charge is -2.13. The van der Waals surface area contributed by atoms with Crippen molar-refractivity contribution in [1.29, 1.82) is 0 Å². The largest absolute Gasteiger partial charge is 0.480 e. The molecule has 0 saturated heterocycles. The van der Waals surface area contributed by atoms with Gasteiger partial charge in [0.25, 0.3) is 0 Å². The Labute approximate surface area is 114 Å². The van der Waals surface area contributed by atoms with Gasteiger partial charge in [0, 0.05) is 24.9 Å². The van der Waals surface area contributed by atoms with Crippen LogP contribution in [0.3, 0.4) is 0 Å². The van der Waals surface area contributed by atoms with Crippen LogP contribution in [0.5, 0.6) is 0 Å². The number of carboxylic acids is 1. The minimum atomic E-state index is -1.04. The van der Waals surface area contributed by atoms with Gasteiger partial charge >= 0.3 is 5.97 Å². The Hall–Kier alpha value is -1.11. The molecule has 0 aromatic carbocycles. The normalized spacial score (nSPS) is 12.1. The molecule has 0 bridgehead atoms. The third-order valence-corrected chi connectivity index (χ3v) is 3.49. The first-order valence-corrected chi connectivity index (χ1v) is 6.63. The van der Waals surface area contributed by atoms with Crippen LogP contribution in [0.2, 0.25) is 4.34 Å². The molecular formula is C11H15ClN2O3S. The van der Waals surface area contributed by atoms with E-state index in [4.69, 9.17) is 16.7 Å². The number of halogens is 1. The molecule has 0 aliphatic rings. The lowest BCUT2D eigenvalue weighted by atomic mass is 10.2. The molecule has 1 rings (SSSR count). The number of hydrogen-bond acceptors (Lipinski definition) is 4. The van der Waals surface area contributed by atoms with Crippen molar-refractivity contribution in [3.63, 3.8) is 0 Å². The number of hydrogen-bond donors (Lipinski definition) is 3. The monoisotopic (exact) mass is 290 g/mol. The average molecular weight is 291 g/mol. The van der Waals surface area contributed by atoms with Crippen LogP contribution < -0.4 is 10.6 Å². The minimum Gasteiger partial charge on any atom is -0.480 e. The van der Waals surface area contributed by atoms with E-state index in [1.165, 1.54) is 18.3 Å². The maximum absolute atomic E-state index is 10.8. The van der Waals surface area contributed by atoms with Gasteiger partial charge in [-0.25, -0.2) is 4.79 Å². The molecule has 18 heavy (non-hydrogen) atoms. The summed E-state index contributed by atoms with van der Waals surface area (Å²) in [6.07, 6.45) is 0.782. The lowest BCUT2D eigenvalue weighted by molar-refractivity contribution is -0.141. The summed E-state index contributed by atoms with van der Waals surface area (Å²) in [5, 5.41) is 14.2. The van der Waals surface area contributed by atoms with Crippen molar-refractivity contribution < 1.29 is 14.7 Å². The second kappa shape index (κ2) is 7.35. The SMILES string of the molecule is CC(=O)NC(CNCCc1ccc(Cl)s1)C(=O)O. The molecule has 7 heteroatoms. The van der Waals surface area contributed by atoms with Crippen LogP contribution in [0.1, 0.15) is 11.8 Å². The van der Waals surface area contributed by atoms with Gasteiger partial charge in [0.05, 0.1) is 4.34 Å². The number of carbonyl (C=O) groups excluding carboxylic acids is 1. The van der Waals surface area contributed by atoms with Crippen molar-refractivity contribution in [2.45, 2.75) is 19.4 Å². The molecule has 0 aliphatic heterocycles. The Bertz CT molecular complexity index is 422. The Kier molecular flexibility index (Phi) is 6.11. The van der Waals surface area contributed by atoms with Crippen molar-refractivity contribution in [3.05, 3.63) is 21.3 Å². The van der Waals surface area contributed by atoms with E-state index < -0.39 is 12.0 Å². The fourth-order valence-electron chi connectivity index (χ4n) is 1.39. The quantitative estimate of drug-likeness (QED) is 0.658.